The molecule has 5 nitrogen and oxygen atoms in total. The van der Waals surface area contributed by atoms with Gasteiger partial charge >= 0.3 is 0 Å². The van der Waals surface area contributed by atoms with Crippen molar-refractivity contribution < 1.29 is 0 Å². The minimum Gasteiger partial charge on any atom is -0.372 e. The molecule has 0 saturated heterocycles. The molecule has 0 bridgehead atoms. The van der Waals surface area contributed by atoms with Crippen LogP contribution in [-0.2, 0) is 0 Å². The van der Waals surface area contributed by atoms with E-state index < -0.39 is 0 Å². The van der Waals surface area contributed by atoms with Gasteiger partial charge in [-0.3, -0.25) is 5.32 Å². The van der Waals surface area contributed by atoms with Gasteiger partial charge in [-0.2, -0.15) is 0 Å². The molecule has 7 N–H and O–H groups in total. The van der Waals surface area contributed by atoms with Crippen LogP contribution in [0.4, 0.5) is 0 Å². The minimum absolute atomic E-state index is 0.366. The van der Waals surface area contributed by atoms with E-state index in [1.807, 2.05) is 27.0 Å². The van der Waals surface area contributed by atoms with Gasteiger partial charge in [-0.05, 0) is 14.0 Å². The number of nitrogens with two attached hydrogens (primary N) is 2. The summed E-state index contributed by atoms with van der Waals surface area (Å²) in [6, 6.07) is 0. The summed E-state index contributed by atoms with van der Waals surface area (Å²) in [5.74, 6) is 0. The molecule has 0 atom stereocenters. The number of rotatable bonds is 1. The Labute approximate surface area is 80.9 Å². The number of hydrogen-bond donors (Lipinski definition) is 5. The van der Waals surface area contributed by atoms with Gasteiger partial charge in [0.2, 0.25) is 0 Å². The maximum Gasteiger partial charge on any atom is 0.106 e. The van der Waals surface area contributed by atoms with Gasteiger partial charge in [0.05, 0.1) is 6.67 Å². The second kappa shape index (κ2) is 11.2. The smallest absolute Gasteiger partial charge is 0.106 e. The van der Waals surface area contributed by atoms with E-state index in [-0.39, 0.29) is 6.29 Å². The maximum absolute atomic E-state index is 4.96. The second-order valence-corrected chi connectivity index (χ2v) is 2.20. The summed E-state index contributed by atoms with van der Waals surface area (Å²) in [6.45, 7) is 6.92. The van der Waals surface area contributed by atoms with E-state index in [9.17, 15) is 0 Å². The molecule has 0 aromatic heterocycles. The third-order valence-corrected chi connectivity index (χ3v) is 1.12. The average Bonchev–Trinajstić information content (AvgIpc) is 2.60. The van der Waals surface area contributed by atoms with E-state index in [0.29, 0.717) is 0 Å². The van der Waals surface area contributed by atoms with Gasteiger partial charge < -0.3 is 22.1 Å². The highest BCUT2D eigenvalue weighted by Crippen LogP contribution is 1.85. The maximum atomic E-state index is 4.96. The summed E-state index contributed by atoms with van der Waals surface area (Å²) in [4.78, 5) is 0. The summed E-state index contributed by atoms with van der Waals surface area (Å²) < 4.78 is 0. The summed E-state index contributed by atoms with van der Waals surface area (Å²) >= 11 is 0. The van der Waals surface area contributed by atoms with Crippen LogP contribution in [0.25, 0.3) is 0 Å². The number of allylic oxidation sites excluding steroid dienone is 1. The zero-order chi connectivity index (χ0) is 10.7. The first-order chi connectivity index (χ1) is 6.16. The van der Waals surface area contributed by atoms with Crippen molar-refractivity contribution in [3.05, 3.63) is 11.9 Å². The first-order valence-electron chi connectivity index (χ1n) is 4.49. The van der Waals surface area contributed by atoms with Gasteiger partial charge in [0, 0.05) is 11.9 Å². The van der Waals surface area contributed by atoms with E-state index in [1.165, 1.54) is 5.70 Å². The zero-order valence-corrected chi connectivity index (χ0v) is 9.02. The van der Waals surface area contributed by atoms with Gasteiger partial charge in [-0.25, -0.2) is 0 Å². The second-order valence-electron chi connectivity index (χ2n) is 2.20. The Balaban J connectivity index is 0. The highest BCUT2D eigenvalue weighted by molar-refractivity contribution is 4.98. The largest absolute Gasteiger partial charge is 0.372 e. The van der Waals surface area contributed by atoms with Crippen molar-refractivity contribution in [1.29, 1.82) is 0 Å². The first-order valence-corrected chi connectivity index (χ1v) is 4.49. The molecule has 13 heavy (non-hydrogen) atoms. The Bertz CT molecular complexity index is 122. The van der Waals surface area contributed by atoms with Crippen LogP contribution in [0.2, 0.25) is 0 Å². The molecule has 0 aromatic rings. The standard InChI is InChI=1S/C4H8N2.C2H9N3.C2H6/c1-4-2-5-3-6-4;1-5-2(3)4;1-2/h2,5-6H,3H2,1H3;2,5H,3-4H2,1H3;1-2H3. The zero-order valence-electron chi connectivity index (χ0n) is 9.02. The lowest BCUT2D eigenvalue weighted by atomic mass is 10.6. The fourth-order valence-electron chi connectivity index (χ4n) is 0.446. The Morgan fingerprint density at radius 1 is 1.46 bits per heavy atom. The summed E-state index contributed by atoms with van der Waals surface area (Å²) in [5, 5.41) is 8.65. The first kappa shape index (κ1) is 14.7. The summed E-state index contributed by atoms with van der Waals surface area (Å²) in [6.07, 6.45) is 1.59. The monoisotopic (exact) mass is 189 g/mol. The fourth-order valence-corrected chi connectivity index (χ4v) is 0.446. The lowest BCUT2D eigenvalue weighted by Gasteiger charge is -1.96. The summed E-state index contributed by atoms with van der Waals surface area (Å²) in [5.41, 5.74) is 11.1. The lowest BCUT2D eigenvalue weighted by Crippen LogP contribution is -2.42. The molecular formula is C8H23N5. The van der Waals surface area contributed by atoms with Crippen molar-refractivity contribution in [3.8, 4) is 0 Å². The lowest BCUT2D eigenvalue weighted by molar-refractivity contribution is 0.610. The Morgan fingerprint density at radius 2 is 1.92 bits per heavy atom. The average molecular weight is 189 g/mol. The van der Waals surface area contributed by atoms with E-state index in [0.717, 1.165) is 6.67 Å². The molecular weight excluding hydrogens is 166 g/mol. The van der Waals surface area contributed by atoms with Crippen molar-refractivity contribution in [3.63, 3.8) is 0 Å². The van der Waals surface area contributed by atoms with Crippen LogP contribution >= 0.6 is 0 Å². The summed E-state index contributed by atoms with van der Waals surface area (Å²) in [7, 11) is 1.70. The van der Waals surface area contributed by atoms with Crippen LogP contribution in [0.3, 0.4) is 0 Å². The van der Waals surface area contributed by atoms with Gasteiger partial charge in [0.15, 0.2) is 0 Å². The van der Waals surface area contributed by atoms with E-state index in [4.69, 9.17) is 11.5 Å². The Hall–Kier alpha value is -0.780. The van der Waals surface area contributed by atoms with Gasteiger partial charge in [0.1, 0.15) is 6.29 Å². The predicted molar refractivity (Wildman–Crippen MR) is 57.5 cm³/mol. The van der Waals surface area contributed by atoms with Gasteiger partial charge in [0.25, 0.3) is 0 Å². The topological polar surface area (TPSA) is 88.1 Å². The number of nitrogens with one attached hydrogen (secondary N) is 3. The molecule has 0 radical (unpaired) electrons. The van der Waals surface area contributed by atoms with Crippen molar-refractivity contribution >= 4 is 0 Å². The predicted octanol–water partition coefficient (Wildman–Crippen LogP) is -0.569. The van der Waals surface area contributed by atoms with E-state index in [1.54, 1.807) is 7.05 Å². The quantitative estimate of drug-likeness (QED) is 0.357. The molecule has 0 aromatic carbocycles. The molecule has 0 spiro atoms. The molecule has 5 heteroatoms. The van der Waals surface area contributed by atoms with Crippen molar-refractivity contribution in [2.24, 2.45) is 11.5 Å². The van der Waals surface area contributed by atoms with Crippen molar-refractivity contribution in [1.82, 2.24) is 16.0 Å². The molecule has 0 saturated carbocycles. The SMILES string of the molecule is CC.CC1=CNCN1.CNC(N)N. The molecule has 1 aliphatic rings. The molecule has 1 aliphatic heterocycles. The molecule has 0 unspecified atom stereocenters. The normalized spacial score (nSPS) is 12.7. The Kier molecular flexibility index (Phi) is 12.7. The van der Waals surface area contributed by atoms with Crippen LogP contribution in [-0.4, -0.2) is 20.0 Å². The minimum atomic E-state index is -0.366. The molecule has 80 valence electrons. The molecule has 0 aliphatic carbocycles. The molecule has 1 heterocycles. The third kappa shape index (κ3) is 14.1. The molecule has 1 rings (SSSR count). The van der Waals surface area contributed by atoms with Crippen LogP contribution in [0.5, 0.6) is 0 Å². The van der Waals surface area contributed by atoms with Crippen LogP contribution in [0, 0.1) is 0 Å². The number of hydrogen-bond acceptors (Lipinski definition) is 5. The highest BCUT2D eigenvalue weighted by Gasteiger charge is 1.89. The molecule has 0 amide bonds. The van der Waals surface area contributed by atoms with Gasteiger partial charge in [-0.15, -0.1) is 0 Å². The van der Waals surface area contributed by atoms with E-state index >= 15 is 0 Å². The van der Waals surface area contributed by atoms with Crippen molar-refractivity contribution in [2.75, 3.05) is 13.7 Å². The fraction of sp³-hybridized carbons (Fsp3) is 0.750. The van der Waals surface area contributed by atoms with Crippen LogP contribution in [0.1, 0.15) is 20.8 Å². The Morgan fingerprint density at radius 3 is 2.00 bits per heavy atom. The van der Waals surface area contributed by atoms with Crippen LogP contribution < -0.4 is 27.4 Å². The third-order valence-electron chi connectivity index (χ3n) is 1.12. The van der Waals surface area contributed by atoms with Crippen LogP contribution in [0.15, 0.2) is 11.9 Å². The van der Waals surface area contributed by atoms with Crippen molar-refractivity contribution in [2.45, 2.75) is 27.1 Å². The highest BCUT2D eigenvalue weighted by atomic mass is 15.1. The van der Waals surface area contributed by atoms with Gasteiger partial charge in [-0.1, -0.05) is 13.8 Å². The van der Waals surface area contributed by atoms with E-state index in [2.05, 4.69) is 16.0 Å². The molecule has 0 fully saturated rings.